The number of rotatable bonds is 7. The molecule has 0 heterocycles. The average molecular weight is 236 g/mol. The van der Waals surface area contributed by atoms with Gasteiger partial charge in [-0.3, -0.25) is 4.79 Å². The monoisotopic (exact) mass is 236 g/mol. The molecular formula is C14H20O3. The topological polar surface area (TPSA) is 35.5 Å². The molecule has 3 nitrogen and oxygen atoms in total. The van der Waals surface area contributed by atoms with Crippen LogP contribution in [0.2, 0.25) is 0 Å². The van der Waals surface area contributed by atoms with Crippen molar-refractivity contribution in [1.82, 2.24) is 0 Å². The van der Waals surface area contributed by atoms with Crippen molar-refractivity contribution in [2.45, 2.75) is 33.3 Å². The van der Waals surface area contributed by atoms with Gasteiger partial charge in [0.25, 0.3) is 0 Å². The van der Waals surface area contributed by atoms with Crippen molar-refractivity contribution < 1.29 is 14.3 Å². The summed E-state index contributed by atoms with van der Waals surface area (Å²) in [5.41, 5.74) is 0.822. The van der Waals surface area contributed by atoms with Gasteiger partial charge >= 0.3 is 0 Å². The number of carbonyl (C=O) groups excluding carboxylic acids is 1. The number of para-hydroxylation sites is 1. The third-order valence-corrected chi connectivity index (χ3v) is 2.48. The summed E-state index contributed by atoms with van der Waals surface area (Å²) < 4.78 is 11.1. The predicted molar refractivity (Wildman–Crippen MR) is 67.3 cm³/mol. The second-order valence-electron chi connectivity index (χ2n) is 3.63. The average Bonchev–Trinajstić information content (AvgIpc) is 2.36. The molecule has 1 atom stereocenters. The molecule has 1 unspecified atom stereocenters. The lowest BCUT2D eigenvalue weighted by Gasteiger charge is -2.18. The molecule has 17 heavy (non-hydrogen) atoms. The number of Topliss-reactive ketones (excluding diaryl/α,β-unsaturated/α-hetero) is 1. The smallest absolute Gasteiger partial charge is 0.165 e. The molecule has 0 fully saturated rings. The fourth-order valence-electron chi connectivity index (χ4n) is 1.69. The number of ether oxygens (including phenoxy) is 2. The van der Waals surface area contributed by atoms with E-state index in [0.29, 0.717) is 19.6 Å². The Bertz CT molecular complexity index is 360. The third-order valence-electron chi connectivity index (χ3n) is 2.48. The summed E-state index contributed by atoms with van der Waals surface area (Å²) in [6.07, 6.45) is -0.0433. The van der Waals surface area contributed by atoms with Gasteiger partial charge < -0.3 is 9.47 Å². The Labute approximate surface area is 103 Å². The maximum atomic E-state index is 11.9. The Morgan fingerprint density at radius 3 is 2.47 bits per heavy atom. The maximum absolute atomic E-state index is 11.9. The second-order valence-corrected chi connectivity index (χ2v) is 3.63. The van der Waals surface area contributed by atoms with Gasteiger partial charge in [0.15, 0.2) is 5.78 Å². The van der Waals surface area contributed by atoms with Gasteiger partial charge in [0.2, 0.25) is 0 Å². The van der Waals surface area contributed by atoms with Crippen molar-refractivity contribution in [2.24, 2.45) is 0 Å². The van der Waals surface area contributed by atoms with Gasteiger partial charge in [-0.15, -0.1) is 0 Å². The van der Waals surface area contributed by atoms with E-state index in [9.17, 15) is 4.79 Å². The zero-order valence-corrected chi connectivity index (χ0v) is 10.7. The zero-order valence-electron chi connectivity index (χ0n) is 10.7. The van der Waals surface area contributed by atoms with E-state index in [1.54, 1.807) is 0 Å². The fraction of sp³-hybridized carbons (Fsp3) is 0.500. The van der Waals surface area contributed by atoms with Gasteiger partial charge in [-0.25, -0.2) is 0 Å². The first-order valence-electron chi connectivity index (χ1n) is 6.10. The second kappa shape index (κ2) is 7.07. The van der Waals surface area contributed by atoms with E-state index in [1.807, 2.05) is 45.0 Å². The van der Waals surface area contributed by atoms with Crippen LogP contribution in [0, 0.1) is 0 Å². The Morgan fingerprint density at radius 1 is 1.18 bits per heavy atom. The van der Waals surface area contributed by atoms with E-state index in [4.69, 9.17) is 9.47 Å². The minimum atomic E-state index is -0.507. The first-order chi connectivity index (χ1) is 8.24. The predicted octanol–water partition coefficient (Wildman–Crippen LogP) is 3.14. The van der Waals surface area contributed by atoms with Crippen LogP contribution in [0.15, 0.2) is 24.3 Å². The standard InChI is InChI=1S/C14H20O3/c1-4-12(15)14(17-6-3)11-9-7-8-10-13(11)16-5-2/h7-10,14H,4-6H2,1-3H3. The highest BCUT2D eigenvalue weighted by Gasteiger charge is 2.22. The number of ketones is 1. The lowest BCUT2D eigenvalue weighted by atomic mass is 10.0. The molecule has 1 aromatic rings. The summed E-state index contributed by atoms with van der Waals surface area (Å²) in [6.45, 7) is 6.75. The van der Waals surface area contributed by atoms with Crippen molar-refractivity contribution in [1.29, 1.82) is 0 Å². The summed E-state index contributed by atoms with van der Waals surface area (Å²) in [7, 11) is 0. The maximum Gasteiger partial charge on any atom is 0.165 e. The van der Waals surface area contributed by atoms with Crippen LogP contribution in [0.1, 0.15) is 38.9 Å². The molecule has 0 amide bonds. The van der Waals surface area contributed by atoms with Gasteiger partial charge in [0.1, 0.15) is 11.9 Å². The van der Waals surface area contributed by atoms with E-state index >= 15 is 0 Å². The summed E-state index contributed by atoms with van der Waals surface area (Å²) in [6, 6.07) is 7.55. The molecule has 0 N–H and O–H groups in total. The van der Waals surface area contributed by atoms with Crippen molar-refractivity contribution in [3.05, 3.63) is 29.8 Å². The molecule has 0 aromatic heterocycles. The largest absolute Gasteiger partial charge is 0.493 e. The molecule has 0 aliphatic rings. The van der Waals surface area contributed by atoms with Gasteiger partial charge in [0.05, 0.1) is 6.61 Å². The SMILES string of the molecule is CCOc1ccccc1C(OCC)C(=O)CC. The van der Waals surface area contributed by atoms with E-state index < -0.39 is 6.10 Å². The van der Waals surface area contributed by atoms with Crippen LogP contribution < -0.4 is 4.74 Å². The Hall–Kier alpha value is -1.35. The Morgan fingerprint density at radius 2 is 1.88 bits per heavy atom. The molecule has 0 bridgehead atoms. The van der Waals surface area contributed by atoms with Gasteiger partial charge in [-0.2, -0.15) is 0 Å². The lowest BCUT2D eigenvalue weighted by molar-refractivity contribution is -0.130. The van der Waals surface area contributed by atoms with Crippen LogP contribution in [0.25, 0.3) is 0 Å². The highest BCUT2D eigenvalue weighted by Crippen LogP contribution is 2.29. The molecule has 94 valence electrons. The summed E-state index contributed by atoms with van der Waals surface area (Å²) in [5, 5.41) is 0. The molecule has 0 spiro atoms. The molecule has 1 aromatic carbocycles. The van der Waals surface area contributed by atoms with E-state index in [1.165, 1.54) is 0 Å². The highest BCUT2D eigenvalue weighted by atomic mass is 16.5. The van der Waals surface area contributed by atoms with Crippen molar-refractivity contribution in [3.63, 3.8) is 0 Å². The molecule has 1 rings (SSSR count). The van der Waals surface area contributed by atoms with Crippen LogP contribution >= 0.6 is 0 Å². The van der Waals surface area contributed by atoms with Crippen molar-refractivity contribution in [2.75, 3.05) is 13.2 Å². The van der Waals surface area contributed by atoms with Crippen LogP contribution in [-0.2, 0) is 9.53 Å². The zero-order chi connectivity index (χ0) is 12.7. The molecular weight excluding hydrogens is 216 g/mol. The number of carbonyl (C=O) groups is 1. The number of hydrogen-bond donors (Lipinski definition) is 0. The first-order valence-corrected chi connectivity index (χ1v) is 6.10. The normalized spacial score (nSPS) is 12.2. The minimum absolute atomic E-state index is 0.0824. The molecule has 0 saturated heterocycles. The molecule has 0 aliphatic carbocycles. The summed E-state index contributed by atoms with van der Waals surface area (Å²) in [5.74, 6) is 0.814. The summed E-state index contributed by atoms with van der Waals surface area (Å²) >= 11 is 0. The molecule has 0 saturated carbocycles. The van der Waals surface area contributed by atoms with Gasteiger partial charge in [0, 0.05) is 18.6 Å². The van der Waals surface area contributed by atoms with Crippen molar-refractivity contribution >= 4 is 5.78 Å². The lowest BCUT2D eigenvalue weighted by Crippen LogP contribution is -2.16. The van der Waals surface area contributed by atoms with Crippen LogP contribution in [-0.4, -0.2) is 19.0 Å². The first kappa shape index (κ1) is 13.7. The van der Waals surface area contributed by atoms with Crippen LogP contribution in [0.3, 0.4) is 0 Å². The molecule has 0 radical (unpaired) electrons. The van der Waals surface area contributed by atoms with E-state index in [0.717, 1.165) is 11.3 Å². The molecule has 3 heteroatoms. The Kier molecular flexibility index (Phi) is 5.70. The minimum Gasteiger partial charge on any atom is -0.493 e. The quantitative estimate of drug-likeness (QED) is 0.729. The van der Waals surface area contributed by atoms with Gasteiger partial charge in [-0.05, 0) is 19.9 Å². The fourth-order valence-corrected chi connectivity index (χ4v) is 1.69. The van der Waals surface area contributed by atoms with Crippen LogP contribution in [0.5, 0.6) is 5.75 Å². The van der Waals surface area contributed by atoms with E-state index in [2.05, 4.69) is 0 Å². The third kappa shape index (κ3) is 3.56. The van der Waals surface area contributed by atoms with Crippen molar-refractivity contribution in [3.8, 4) is 5.75 Å². The number of hydrogen-bond acceptors (Lipinski definition) is 3. The van der Waals surface area contributed by atoms with E-state index in [-0.39, 0.29) is 5.78 Å². The van der Waals surface area contributed by atoms with Gasteiger partial charge in [-0.1, -0.05) is 25.1 Å². The Balaban J connectivity index is 3.03. The highest BCUT2D eigenvalue weighted by molar-refractivity contribution is 5.84. The molecule has 0 aliphatic heterocycles. The summed E-state index contributed by atoms with van der Waals surface area (Å²) in [4.78, 5) is 11.9. The van der Waals surface area contributed by atoms with Crippen LogP contribution in [0.4, 0.5) is 0 Å². The number of benzene rings is 1.